The summed E-state index contributed by atoms with van der Waals surface area (Å²) in [6, 6.07) is 8.31. The Kier molecular flexibility index (Phi) is 4.09. The summed E-state index contributed by atoms with van der Waals surface area (Å²) in [7, 11) is 0. The van der Waals surface area contributed by atoms with E-state index in [1.165, 1.54) is 0 Å². The Balaban J connectivity index is 1.49. The summed E-state index contributed by atoms with van der Waals surface area (Å²) in [6.07, 6.45) is 17.9. The number of rotatable bonds is 0. The monoisotopic (exact) mass is 356 g/mol. The van der Waals surface area contributed by atoms with Gasteiger partial charge in [0.15, 0.2) is 0 Å². The zero-order valence-corrected chi connectivity index (χ0v) is 15.2. The molecule has 1 aromatic carbocycles. The Hall–Kier alpha value is -3.88. The Morgan fingerprint density at radius 2 is 1.14 bits per heavy atom. The molecule has 2 nitrogen and oxygen atoms in total. The lowest BCUT2D eigenvalue weighted by atomic mass is 10.1. The number of nitrogens with zero attached hydrogens (tertiary/aromatic N) is 2. The molecule has 0 N–H and O–H groups in total. The molecule has 0 atom stereocenters. The van der Waals surface area contributed by atoms with E-state index < -0.39 is 0 Å². The van der Waals surface area contributed by atoms with E-state index in [4.69, 9.17) is 0 Å². The highest BCUT2D eigenvalue weighted by molar-refractivity contribution is 6.03. The smallest absolute Gasteiger partial charge is 0.0965 e. The van der Waals surface area contributed by atoms with Crippen LogP contribution in [0.3, 0.4) is 0 Å². The van der Waals surface area contributed by atoms with Gasteiger partial charge in [-0.15, -0.1) is 0 Å². The molecule has 0 bridgehead atoms. The Labute approximate surface area is 164 Å². The van der Waals surface area contributed by atoms with E-state index in [-0.39, 0.29) is 0 Å². The van der Waals surface area contributed by atoms with Crippen LogP contribution in [0.15, 0.2) is 84.3 Å². The van der Waals surface area contributed by atoms with Crippen LogP contribution in [-0.2, 0) is 0 Å². The minimum Gasteiger partial charge on any atom is -0.253 e. The molecule has 0 spiro atoms. The van der Waals surface area contributed by atoms with Crippen LogP contribution in [0, 0.1) is 23.7 Å². The third-order valence-corrected chi connectivity index (χ3v) is 4.78. The van der Waals surface area contributed by atoms with Crippen LogP contribution in [0.2, 0.25) is 0 Å². The van der Waals surface area contributed by atoms with Crippen LogP contribution in [0.5, 0.6) is 0 Å². The molecule has 0 fully saturated rings. The number of fused-ring (bicyclic) bond motifs is 3. The first-order valence-corrected chi connectivity index (χ1v) is 9.29. The first-order valence-electron chi connectivity index (χ1n) is 9.29. The molecule has 2 heteroatoms. The highest BCUT2D eigenvalue weighted by Gasteiger charge is 2.05. The van der Waals surface area contributed by atoms with E-state index in [0.29, 0.717) is 0 Å². The number of benzene rings is 1. The second-order valence-electron chi connectivity index (χ2n) is 6.81. The Bertz CT molecular complexity index is 1250. The fraction of sp³-hybridized carbons (Fsp3) is 0.0769. The maximum atomic E-state index is 4.64. The van der Waals surface area contributed by atoms with Crippen LogP contribution in [0.1, 0.15) is 24.0 Å². The van der Waals surface area contributed by atoms with Crippen molar-refractivity contribution in [3.63, 3.8) is 0 Å². The van der Waals surface area contributed by atoms with E-state index in [9.17, 15) is 0 Å². The Morgan fingerprint density at radius 1 is 0.643 bits per heavy atom. The standard InChI is InChI=1S/C26H16N2/c1-2-6-19(5-1)9-11-21-15-23-13-14-24-16-22(12-10-20-7-3-4-8-20)18-28-26(24)25(23)27-17-21/h1-5,7,13-18H,6,8H2. The number of aromatic nitrogens is 2. The third-order valence-electron chi connectivity index (χ3n) is 4.78. The molecule has 0 radical (unpaired) electrons. The van der Waals surface area contributed by atoms with E-state index in [1.807, 2.05) is 24.5 Å². The fourth-order valence-corrected chi connectivity index (χ4v) is 3.31. The number of hydrogen-bond donors (Lipinski definition) is 0. The highest BCUT2D eigenvalue weighted by atomic mass is 14.7. The summed E-state index contributed by atoms with van der Waals surface area (Å²) in [6.45, 7) is 0. The molecule has 2 aliphatic carbocycles. The topological polar surface area (TPSA) is 25.8 Å². The van der Waals surface area contributed by atoms with Crippen molar-refractivity contribution in [2.75, 3.05) is 0 Å². The van der Waals surface area contributed by atoms with Crippen molar-refractivity contribution in [2.24, 2.45) is 0 Å². The molecular formula is C26H16N2. The van der Waals surface area contributed by atoms with Crippen LogP contribution in [0.25, 0.3) is 21.8 Å². The average Bonchev–Trinajstić information content (AvgIpc) is 3.44. The molecule has 5 rings (SSSR count). The second-order valence-corrected chi connectivity index (χ2v) is 6.81. The lowest BCUT2D eigenvalue weighted by molar-refractivity contribution is 1.35. The summed E-state index contributed by atoms with van der Waals surface area (Å²) in [5.41, 5.74) is 5.90. The predicted octanol–water partition coefficient (Wildman–Crippen LogP) is 5.26. The lowest BCUT2D eigenvalue weighted by Crippen LogP contribution is -1.88. The summed E-state index contributed by atoms with van der Waals surface area (Å²) < 4.78 is 0. The first-order chi connectivity index (χ1) is 13.8. The van der Waals surface area contributed by atoms with Gasteiger partial charge in [-0.1, -0.05) is 72.3 Å². The summed E-state index contributed by atoms with van der Waals surface area (Å²) in [5.74, 6) is 12.8. The van der Waals surface area contributed by atoms with Gasteiger partial charge in [-0.05, 0) is 25.0 Å². The van der Waals surface area contributed by atoms with E-state index >= 15 is 0 Å². The molecular weight excluding hydrogens is 340 g/mol. The van der Waals surface area contributed by atoms with Crippen LogP contribution < -0.4 is 0 Å². The molecule has 0 aliphatic heterocycles. The predicted molar refractivity (Wildman–Crippen MR) is 114 cm³/mol. The quantitative estimate of drug-likeness (QED) is 0.406. The van der Waals surface area contributed by atoms with Gasteiger partial charge in [-0.3, -0.25) is 9.97 Å². The van der Waals surface area contributed by atoms with Crippen LogP contribution >= 0.6 is 0 Å². The number of pyridine rings is 2. The SMILES string of the molecule is C(#Cc1cnc2c(ccc3cc(C#CC4=CC=CC4)cnc32)c1)C1=CC=CC1. The molecule has 130 valence electrons. The normalized spacial score (nSPS) is 14.4. The molecule has 0 saturated carbocycles. The zero-order valence-electron chi connectivity index (χ0n) is 15.2. The summed E-state index contributed by atoms with van der Waals surface area (Å²) in [4.78, 5) is 9.28. The fourth-order valence-electron chi connectivity index (χ4n) is 3.31. The first kappa shape index (κ1) is 16.3. The van der Waals surface area contributed by atoms with Gasteiger partial charge in [-0.2, -0.15) is 0 Å². The van der Waals surface area contributed by atoms with Crippen molar-refractivity contribution in [1.82, 2.24) is 9.97 Å². The summed E-state index contributed by atoms with van der Waals surface area (Å²) in [5, 5.41) is 2.10. The van der Waals surface area contributed by atoms with E-state index in [1.54, 1.807) is 0 Å². The van der Waals surface area contributed by atoms with Gasteiger partial charge >= 0.3 is 0 Å². The van der Waals surface area contributed by atoms with Gasteiger partial charge in [0, 0.05) is 45.4 Å². The van der Waals surface area contributed by atoms with E-state index in [0.717, 1.165) is 56.9 Å². The van der Waals surface area contributed by atoms with Crippen molar-refractivity contribution in [3.8, 4) is 23.7 Å². The van der Waals surface area contributed by atoms with Crippen LogP contribution in [-0.4, -0.2) is 9.97 Å². The Morgan fingerprint density at radius 3 is 1.57 bits per heavy atom. The molecule has 2 aromatic heterocycles. The number of hydrogen-bond acceptors (Lipinski definition) is 2. The van der Waals surface area contributed by atoms with Crippen molar-refractivity contribution in [1.29, 1.82) is 0 Å². The molecule has 2 aliphatic rings. The lowest BCUT2D eigenvalue weighted by Gasteiger charge is -2.03. The molecule has 0 amide bonds. The van der Waals surface area contributed by atoms with Gasteiger partial charge in [0.1, 0.15) is 0 Å². The van der Waals surface area contributed by atoms with Gasteiger partial charge in [0.05, 0.1) is 11.0 Å². The second kappa shape index (κ2) is 7.03. The van der Waals surface area contributed by atoms with Gasteiger partial charge in [0.2, 0.25) is 0 Å². The van der Waals surface area contributed by atoms with E-state index in [2.05, 4.69) is 82.2 Å². The maximum Gasteiger partial charge on any atom is 0.0965 e. The largest absolute Gasteiger partial charge is 0.253 e. The average molecular weight is 356 g/mol. The van der Waals surface area contributed by atoms with Crippen molar-refractivity contribution < 1.29 is 0 Å². The zero-order chi connectivity index (χ0) is 18.8. The maximum absolute atomic E-state index is 4.64. The molecule has 0 unspecified atom stereocenters. The van der Waals surface area contributed by atoms with Gasteiger partial charge < -0.3 is 0 Å². The van der Waals surface area contributed by atoms with Gasteiger partial charge in [-0.25, -0.2) is 0 Å². The van der Waals surface area contributed by atoms with Crippen LogP contribution in [0.4, 0.5) is 0 Å². The molecule has 3 aromatic rings. The minimum atomic E-state index is 0.895. The van der Waals surface area contributed by atoms with Crippen molar-refractivity contribution in [2.45, 2.75) is 12.8 Å². The third kappa shape index (κ3) is 3.25. The van der Waals surface area contributed by atoms with Gasteiger partial charge in [0.25, 0.3) is 0 Å². The number of allylic oxidation sites excluding steroid dienone is 8. The minimum absolute atomic E-state index is 0.895. The molecule has 0 saturated heterocycles. The highest BCUT2D eigenvalue weighted by Crippen LogP contribution is 2.23. The molecule has 28 heavy (non-hydrogen) atoms. The molecule has 2 heterocycles. The van der Waals surface area contributed by atoms with Crippen molar-refractivity contribution in [3.05, 3.63) is 95.4 Å². The van der Waals surface area contributed by atoms with Crippen molar-refractivity contribution >= 4 is 21.8 Å². The summed E-state index contributed by atoms with van der Waals surface area (Å²) >= 11 is 0.